The Labute approximate surface area is 126 Å². The molecule has 0 atom stereocenters. The number of rotatable bonds is 5. The van der Waals surface area contributed by atoms with Gasteiger partial charge in [-0.1, -0.05) is 25.7 Å². The van der Waals surface area contributed by atoms with Gasteiger partial charge in [0, 0.05) is 19.5 Å². The molecular formula is C17H25N3O. The number of hydrogen-bond acceptors (Lipinski definition) is 3. The van der Waals surface area contributed by atoms with Gasteiger partial charge in [-0.25, -0.2) is 4.98 Å². The molecule has 2 fully saturated rings. The van der Waals surface area contributed by atoms with Crippen LogP contribution in [0.3, 0.4) is 0 Å². The largest absolute Gasteiger partial charge is 0.357 e. The molecular weight excluding hydrogens is 262 g/mol. The summed E-state index contributed by atoms with van der Waals surface area (Å²) in [6.07, 6.45) is 11.2. The minimum Gasteiger partial charge on any atom is -0.357 e. The molecule has 4 heteroatoms. The number of carbonyl (C=O) groups excluding carboxylic acids is 1. The molecule has 1 saturated carbocycles. The van der Waals surface area contributed by atoms with Crippen LogP contribution in [-0.4, -0.2) is 24.0 Å². The second kappa shape index (κ2) is 6.92. The normalized spacial score (nSPS) is 19.1. The Morgan fingerprint density at radius 3 is 2.62 bits per heavy atom. The molecule has 1 amide bonds. The summed E-state index contributed by atoms with van der Waals surface area (Å²) in [5.74, 6) is 1.92. The predicted octanol–water partition coefficient (Wildman–Crippen LogP) is 3.59. The Kier molecular flexibility index (Phi) is 4.73. The van der Waals surface area contributed by atoms with Crippen molar-refractivity contribution in [1.29, 1.82) is 0 Å². The van der Waals surface area contributed by atoms with Crippen molar-refractivity contribution in [2.45, 2.75) is 51.4 Å². The summed E-state index contributed by atoms with van der Waals surface area (Å²) >= 11 is 0. The van der Waals surface area contributed by atoms with E-state index < -0.39 is 0 Å². The Morgan fingerprint density at radius 1 is 1.19 bits per heavy atom. The molecule has 0 bridgehead atoms. The third-order valence-electron chi connectivity index (χ3n) is 4.72. The zero-order chi connectivity index (χ0) is 14.5. The molecule has 21 heavy (non-hydrogen) atoms. The van der Waals surface area contributed by atoms with Crippen LogP contribution >= 0.6 is 0 Å². The zero-order valence-corrected chi connectivity index (χ0v) is 12.7. The van der Waals surface area contributed by atoms with Crippen LogP contribution in [0.2, 0.25) is 0 Å². The Morgan fingerprint density at radius 2 is 1.95 bits per heavy atom. The fourth-order valence-corrected chi connectivity index (χ4v) is 3.45. The van der Waals surface area contributed by atoms with Gasteiger partial charge in [-0.05, 0) is 37.3 Å². The van der Waals surface area contributed by atoms with Crippen LogP contribution in [-0.2, 0) is 4.79 Å². The fraction of sp³-hybridized carbons (Fsp3) is 0.647. The molecule has 1 aliphatic carbocycles. The van der Waals surface area contributed by atoms with Gasteiger partial charge in [0.1, 0.15) is 5.82 Å². The van der Waals surface area contributed by atoms with Crippen LogP contribution in [0.25, 0.3) is 0 Å². The molecule has 1 saturated heterocycles. The standard InChI is InChI=1S/C17H25N3O/c21-17(10-7-14-5-1-2-6-14)19-15-8-9-16(18-13-15)20-11-3-4-12-20/h8-9,13-14H,1-7,10-12H2,(H,19,21). The van der Waals surface area contributed by atoms with Crippen LogP contribution in [0.1, 0.15) is 51.4 Å². The number of carbonyl (C=O) groups is 1. The molecule has 2 aliphatic rings. The van der Waals surface area contributed by atoms with Crippen molar-refractivity contribution in [1.82, 2.24) is 4.98 Å². The summed E-state index contributed by atoms with van der Waals surface area (Å²) in [6.45, 7) is 2.19. The first kappa shape index (κ1) is 14.4. The fourth-order valence-electron chi connectivity index (χ4n) is 3.45. The quantitative estimate of drug-likeness (QED) is 0.900. The van der Waals surface area contributed by atoms with Crippen molar-refractivity contribution < 1.29 is 4.79 Å². The molecule has 1 aliphatic heterocycles. The van der Waals surface area contributed by atoms with Crippen molar-refractivity contribution in [3.8, 4) is 0 Å². The first-order valence-electron chi connectivity index (χ1n) is 8.32. The number of hydrogen-bond donors (Lipinski definition) is 1. The van der Waals surface area contributed by atoms with E-state index in [1.54, 1.807) is 6.20 Å². The predicted molar refractivity (Wildman–Crippen MR) is 85.5 cm³/mol. The highest BCUT2D eigenvalue weighted by Crippen LogP contribution is 2.28. The van der Waals surface area contributed by atoms with Crippen LogP contribution in [0, 0.1) is 5.92 Å². The molecule has 0 aromatic carbocycles. The maximum Gasteiger partial charge on any atom is 0.224 e. The van der Waals surface area contributed by atoms with Crippen LogP contribution in [0.5, 0.6) is 0 Å². The molecule has 114 valence electrons. The van der Waals surface area contributed by atoms with Crippen molar-refractivity contribution >= 4 is 17.4 Å². The highest BCUT2D eigenvalue weighted by Gasteiger charge is 2.16. The Hall–Kier alpha value is -1.58. The van der Waals surface area contributed by atoms with Crippen molar-refractivity contribution in [3.05, 3.63) is 18.3 Å². The zero-order valence-electron chi connectivity index (χ0n) is 12.7. The highest BCUT2D eigenvalue weighted by atomic mass is 16.1. The summed E-state index contributed by atoms with van der Waals surface area (Å²) in [5, 5.41) is 2.96. The molecule has 2 heterocycles. The summed E-state index contributed by atoms with van der Waals surface area (Å²) < 4.78 is 0. The maximum absolute atomic E-state index is 12.0. The van der Waals surface area contributed by atoms with Gasteiger partial charge in [0.25, 0.3) is 0 Å². The molecule has 4 nitrogen and oxygen atoms in total. The first-order chi connectivity index (χ1) is 10.3. The third-order valence-corrected chi connectivity index (χ3v) is 4.72. The van der Waals surface area contributed by atoms with Crippen LogP contribution < -0.4 is 10.2 Å². The van der Waals surface area contributed by atoms with Crippen LogP contribution in [0.15, 0.2) is 18.3 Å². The van der Waals surface area contributed by atoms with Gasteiger partial charge >= 0.3 is 0 Å². The molecule has 1 aromatic rings. The van der Waals surface area contributed by atoms with Crippen LogP contribution in [0.4, 0.5) is 11.5 Å². The molecule has 0 unspecified atom stereocenters. The molecule has 0 radical (unpaired) electrons. The SMILES string of the molecule is O=C(CCC1CCCC1)Nc1ccc(N2CCCC2)nc1. The van der Waals surface area contributed by atoms with Gasteiger partial charge in [0.15, 0.2) is 0 Å². The lowest BCUT2D eigenvalue weighted by atomic mass is 10.0. The van der Waals surface area contributed by atoms with E-state index in [1.165, 1.54) is 38.5 Å². The second-order valence-electron chi connectivity index (χ2n) is 6.34. The second-order valence-corrected chi connectivity index (χ2v) is 6.34. The molecule has 3 rings (SSSR count). The van der Waals surface area contributed by atoms with Gasteiger partial charge < -0.3 is 10.2 Å². The van der Waals surface area contributed by atoms with Gasteiger partial charge in [-0.3, -0.25) is 4.79 Å². The lowest BCUT2D eigenvalue weighted by Crippen LogP contribution is -2.19. The average Bonchev–Trinajstić information content (AvgIpc) is 3.19. The lowest BCUT2D eigenvalue weighted by molar-refractivity contribution is -0.116. The summed E-state index contributed by atoms with van der Waals surface area (Å²) in [5.41, 5.74) is 0.814. The van der Waals surface area contributed by atoms with Gasteiger partial charge in [-0.15, -0.1) is 0 Å². The van der Waals surface area contributed by atoms with E-state index in [4.69, 9.17) is 0 Å². The summed E-state index contributed by atoms with van der Waals surface area (Å²) in [7, 11) is 0. The summed E-state index contributed by atoms with van der Waals surface area (Å²) in [6, 6.07) is 3.98. The van der Waals surface area contributed by atoms with E-state index in [9.17, 15) is 4.79 Å². The number of nitrogens with one attached hydrogen (secondary N) is 1. The van der Waals surface area contributed by atoms with E-state index in [-0.39, 0.29) is 5.91 Å². The number of anilines is 2. The highest BCUT2D eigenvalue weighted by molar-refractivity contribution is 5.90. The van der Waals surface area contributed by atoms with E-state index in [1.807, 2.05) is 12.1 Å². The molecule has 1 N–H and O–H groups in total. The van der Waals surface area contributed by atoms with E-state index in [2.05, 4.69) is 15.2 Å². The molecule has 0 spiro atoms. The minimum absolute atomic E-state index is 0.123. The Bertz CT molecular complexity index is 459. The first-order valence-corrected chi connectivity index (χ1v) is 8.32. The lowest BCUT2D eigenvalue weighted by Gasteiger charge is -2.16. The summed E-state index contributed by atoms with van der Waals surface area (Å²) in [4.78, 5) is 18.7. The number of pyridine rings is 1. The van der Waals surface area contributed by atoms with Crippen molar-refractivity contribution in [2.24, 2.45) is 5.92 Å². The number of nitrogens with zero attached hydrogens (tertiary/aromatic N) is 2. The van der Waals surface area contributed by atoms with Gasteiger partial charge in [-0.2, -0.15) is 0 Å². The maximum atomic E-state index is 12.0. The van der Waals surface area contributed by atoms with E-state index in [0.29, 0.717) is 6.42 Å². The van der Waals surface area contributed by atoms with Gasteiger partial charge in [0.2, 0.25) is 5.91 Å². The Balaban J connectivity index is 1.46. The van der Waals surface area contributed by atoms with E-state index in [0.717, 1.165) is 36.9 Å². The monoisotopic (exact) mass is 287 g/mol. The molecule has 1 aromatic heterocycles. The average molecular weight is 287 g/mol. The third kappa shape index (κ3) is 3.96. The minimum atomic E-state index is 0.123. The van der Waals surface area contributed by atoms with Gasteiger partial charge in [0.05, 0.1) is 11.9 Å². The number of aromatic nitrogens is 1. The van der Waals surface area contributed by atoms with Crippen molar-refractivity contribution in [2.75, 3.05) is 23.3 Å². The topological polar surface area (TPSA) is 45.2 Å². The van der Waals surface area contributed by atoms with E-state index >= 15 is 0 Å². The number of amides is 1. The smallest absolute Gasteiger partial charge is 0.224 e. The van der Waals surface area contributed by atoms with Crippen molar-refractivity contribution in [3.63, 3.8) is 0 Å².